The zero-order chi connectivity index (χ0) is 14.7. The van der Waals surface area contributed by atoms with Gasteiger partial charge in [0.15, 0.2) is 0 Å². The lowest BCUT2D eigenvalue weighted by Gasteiger charge is -2.14. The molecule has 4 heteroatoms. The fraction of sp³-hybridized carbons (Fsp3) is 0.375. The summed E-state index contributed by atoms with van der Waals surface area (Å²) < 4.78 is 6.92. The highest BCUT2D eigenvalue weighted by atomic mass is 16.5. The average Bonchev–Trinajstić information content (AvgIpc) is 2.42. The molecule has 0 bridgehead atoms. The molecule has 106 valence electrons. The highest BCUT2D eigenvalue weighted by Gasteiger charge is 2.16. The Morgan fingerprint density at radius 1 is 1.30 bits per heavy atom. The van der Waals surface area contributed by atoms with Crippen LogP contribution in [0.5, 0.6) is 0 Å². The predicted molar refractivity (Wildman–Crippen MR) is 79.0 cm³/mol. The van der Waals surface area contributed by atoms with Gasteiger partial charge in [0.1, 0.15) is 5.56 Å². The SMILES string of the molecule is CCOC(=O)c1cn(CC(C)C)c2ccccc2c1=O. The molecule has 0 N–H and O–H groups in total. The van der Waals surface area contributed by atoms with Crippen molar-refractivity contribution in [2.45, 2.75) is 27.3 Å². The van der Waals surface area contributed by atoms with Crippen molar-refractivity contribution in [1.29, 1.82) is 0 Å². The smallest absolute Gasteiger partial charge is 0.343 e. The third kappa shape index (κ3) is 2.74. The van der Waals surface area contributed by atoms with E-state index in [2.05, 4.69) is 13.8 Å². The minimum absolute atomic E-state index is 0.103. The molecule has 2 rings (SSSR count). The lowest BCUT2D eigenvalue weighted by molar-refractivity contribution is 0.0524. The van der Waals surface area contributed by atoms with E-state index in [9.17, 15) is 9.59 Å². The quantitative estimate of drug-likeness (QED) is 0.805. The Labute approximate surface area is 118 Å². The van der Waals surface area contributed by atoms with E-state index in [-0.39, 0.29) is 17.6 Å². The van der Waals surface area contributed by atoms with Crippen molar-refractivity contribution >= 4 is 16.9 Å². The van der Waals surface area contributed by atoms with Crippen molar-refractivity contribution in [3.05, 3.63) is 46.2 Å². The second-order valence-corrected chi connectivity index (χ2v) is 5.16. The minimum atomic E-state index is -0.555. The van der Waals surface area contributed by atoms with Crippen LogP contribution in [0.15, 0.2) is 35.3 Å². The molecule has 0 amide bonds. The van der Waals surface area contributed by atoms with Crippen LogP contribution in [0.3, 0.4) is 0 Å². The first kappa shape index (κ1) is 14.3. The number of benzene rings is 1. The summed E-state index contributed by atoms with van der Waals surface area (Å²) in [5.41, 5.74) is 0.685. The molecular weight excluding hydrogens is 254 g/mol. The molecule has 1 aromatic carbocycles. The van der Waals surface area contributed by atoms with Crippen molar-refractivity contribution in [1.82, 2.24) is 4.57 Å². The molecule has 0 aliphatic carbocycles. The van der Waals surface area contributed by atoms with Crippen LogP contribution in [0.2, 0.25) is 0 Å². The standard InChI is InChI=1S/C16H19NO3/c1-4-20-16(19)13-10-17(9-11(2)3)14-8-6-5-7-12(14)15(13)18/h5-8,10-11H,4,9H2,1-3H3. The molecule has 0 radical (unpaired) electrons. The number of carbonyl (C=O) groups excluding carboxylic acids is 1. The van der Waals surface area contributed by atoms with E-state index in [4.69, 9.17) is 4.74 Å². The van der Waals surface area contributed by atoms with E-state index in [0.29, 0.717) is 11.3 Å². The Kier molecular flexibility index (Phi) is 4.23. The number of aromatic nitrogens is 1. The summed E-state index contributed by atoms with van der Waals surface area (Å²) in [6, 6.07) is 7.34. The van der Waals surface area contributed by atoms with Gasteiger partial charge in [-0.3, -0.25) is 4.79 Å². The molecule has 1 heterocycles. The third-order valence-electron chi connectivity index (χ3n) is 3.04. The molecule has 4 nitrogen and oxygen atoms in total. The van der Waals surface area contributed by atoms with Gasteiger partial charge in [-0.15, -0.1) is 0 Å². The van der Waals surface area contributed by atoms with Crippen molar-refractivity contribution in [3.63, 3.8) is 0 Å². The maximum absolute atomic E-state index is 12.4. The van der Waals surface area contributed by atoms with Gasteiger partial charge in [-0.2, -0.15) is 0 Å². The van der Waals surface area contributed by atoms with Gasteiger partial charge in [0.2, 0.25) is 5.43 Å². The molecule has 0 unspecified atom stereocenters. The lowest BCUT2D eigenvalue weighted by atomic mass is 10.1. The van der Waals surface area contributed by atoms with Crippen LogP contribution in [0.25, 0.3) is 10.9 Å². The number of para-hydroxylation sites is 1. The molecule has 0 fully saturated rings. The van der Waals surface area contributed by atoms with Crippen molar-refractivity contribution in [2.24, 2.45) is 5.92 Å². The number of nitrogens with zero attached hydrogens (tertiary/aromatic N) is 1. The fourth-order valence-corrected chi connectivity index (χ4v) is 2.24. The Balaban J connectivity index is 2.68. The molecular formula is C16H19NO3. The van der Waals surface area contributed by atoms with Gasteiger partial charge < -0.3 is 9.30 Å². The predicted octanol–water partition coefficient (Wildman–Crippen LogP) is 2.83. The topological polar surface area (TPSA) is 48.3 Å². The van der Waals surface area contributed by atoms with E-state index in [0.717, 1.165) is 12.1 Å². The number of carbonyl (C=O) groups is 1. The maximum atomic E-state index is 12.4. The summed E-state index contributed by atoms with van der Waals surface area (Å²) in [4.78, 5) is 24.3. The van der Waals surface area contributed by atoms with Gasteiger partial charge in [-0.1, -0.05) is 26.0 Å². The Morgan fingerprint density at radius 3 is 2.65 bits per heavy atom. The van der Waals surface area contributed by atoms with Crippen LogP contribution in [-0.2, 0) is 11.3 Å². The summed E-state index contributed by atoms with van der Waals surface area (Å²) >= 11 is 0. The second-order valence-electron chi connectivity index (χ2n) is 5.16. The summed E-state index contributed by atoms with van der Waals surface area (Å²) in [7, 11) is 0. The third-order valence-corrected chi connectivity index (χ3v) is 3.04. The van der Waals surface area contributed by atoms with Crippen LogP contribution >= 0.6 is 0 Å². The molecule has 0 aliphatic heterocycles. The molecule has 0 aliphatic rings. The number of rotatable bonds is 4. The van der Waals surface area contributed by atoms with Crippen molar-refractivity contribution in [3.8, 4) is 0 Å². The molecule has 20 heavy (non-hydrogen) atoms. The van der Waals surface area contributed by atoms with Gasteiger partial charge in [0, 0.05) is 18.1 Å². The van der Waals surface area contributed by atoms with Gasteiger partial charge in [-0.25, -0.2) is 4.79 Å². The number of esters is 1. The molecule has 0 saturated carbocycles. The lowest BCUT2D eigenvalue weighted by Crippen LogP contribution is -2.21. The first-order valence-corrected chi connectivity index (χ1v) is 6.84. The van der Waals surface area contributed by atoms with Gasteiger partial charge in [0.25, 0.3) is 0 Å². The Bertz CT molecular complexity index is 686. The molecule has 0 saturated heterocycles. The fourth-order valence-electron chi connectivity index (χ4n) is 2.24. The zero-order valence-electron chi connectivity index (χ0n) is 12.1. The van der Waals surface area contributed by atoms with E-state index in [1.54, 1.807) is 25.3 Å². The van der Waals surface area contributed by atoms with Crippen LogP contribution in [0.4, 0.5) is 0 Å². The van der Waals surface area contributed by atoms with E-state index in [1.807, 2.05) is 16.7 Å². The van der Waals surface area contributed by atoms with E-state index in [1.165, 1.54) is 0 Å². The number of pyridine rings is 1. The largest absolute Gasteiger partial charge is 0.462 e. The van der Waals surface area contributed by atoms with Gasteiger partial charge in [-0.05, 0) is 25.0 Å². The van der Waals surface area contributed by atoms with Crippen LogP contribution in [-0.4, -0.2) is 17.1 Å². The molecule has 0 atom stereocenters. The zero-order valence-corrected chi connectivity index (χ0v) is 12.1. The molecule has 0 spiro atoms. The highest BCUT2D eigenvalue weighted by Crippen LogP contribution is 2.14. The number of hydrogen-bond acceptors (Lipinski definition) is 3. The van der Waals surface area contributed by atoms with Crippen LogP contribution < -0.4 is 5.43 Å². The summed E-state index contributed by atoms with van der Waals surface area (Å²) in [6.45, 7) is 6.92. The Hall–Kier alpha value is -2.10. The van der Waals surface area contributed by atoms with Crippen LogP contribution in [0, 0.1) is 5.92 Å². The number of ether oxygens (including phenoxy) is 1. The first-order valence-electron chi connectivity index (χ1n) is 6.84. The normalized spacial score (nSPS) is 11.0. The summed E-state index contributed by atoms with van der Waals surface area (Å²) in [5.74, 6) is -0.142. The monoisotopic (exact) mass is 273 g/mol. The molecule has 1 aromatic heterocycles. The maximum Gasteiger partial charge on any atom is 0.343 e. The number of fused-ring (bicyclic) bond motifs is 1. The number of hydrogen-bond donors (Lipinski definition) is 0. The summed E-state index contributed by atoms with van der Waals surface area (Å²) in [6.07, 6.45) is 1.61. The minimum Gasteiger partial charge on any atom is -0.462 e. The highest BCUT2D eigenvalue weighted by molar-refractivity contribution is 5.93. The van der Waals surface area contributed by atoms with Crippen molar-refractivity contribution in [2.75, 3.05) is 6.61 Å². The van der Waals surface area contributed by atoms with Crippen LogP contribution in [0.1, 0.15) is 31.1 Å². The van der Waals surface area contributed by atoms with E-state index < -0.39 is 5.97 Å². The first-order chi connectivity index (χ1) is 9.54. The summed E-state index contributed by atoms with van der Waals surface area (Å²) in [5, 5.41) is 0.554. The van der Waals surface area contributed by atoms with Gasteiger partial charge >= 0.3 is 5.97 Å². The molecule has 2 aromatic rings. The Morgan fingerprint density at radius 2 is 2.00 bits per heavy atom. The van der Waals surface area contributed by atoms with E-state index >= 15 is 0 Å². The van der Waals surface area contributed by atoms with Gasteiger partial charge in [0.05, 0.1) is 12.1 Å². The second kappa shape index (κ2) is 5.90. The average molecular weight is 273 g/mol. The van der Waals surface area contributed by atoms with Crippen molar-refractivity contribution < 1.29 is 9.53 Å².